The van der Waals surface area contributed by atoms with Crippen LogP contribution in [0.4, 0.5) is 0 Å². The van der Waals surface area contributed by atoms with Crippen molar-refractivity contribution < 1.29 is 23.2 Å². The van der Waals surface area contributed by atoms with Gasteiger partial charge in [0, 0.05) is 18.3 Å². The molecule has 0 aliphatic heterocycles. The lowest BCUT2D eigenvalue weighted by molar-refractivity contribution is -0.129. The Morgan fingerprint density at radius 1 is 0.967 bits per heavy atom. The number of ether oxygens (including phenoxy) is 1. The lowest BCUT2D eigenvalue weighted by Crippen LogP contribution is -2.17. The van der Waals surface area contributed by atoms with E-state index in [2.05, 4.69) is 4.98 Å². The van der Waals surface area contributed by atoms with Crippen molar-refractivity contribution in [3.05, 3.63) is 54.4 Å². The highest BCUT2D eigenvalue weighted by molar-refractivity contribution is 7.91. The molecule has 0 radical (unpaired) electrons. The van der Waals surface area contributed by atoms with Gasteiger partial charge in [-0.25, -0.2) is 13.9 Å². The van der Waals surface area contributed by atoms with Crippen LogP contribution in [0.2, 0.25) is 0 Å². The number of nitrogens with one attached hydrogen (secondary N) is 1. The molecule has 7 nitrogen and oxygen atoms in total. The SMILES string of the molecule is O=C(CCCCCCCS(=O)(=O)c1ccc(OCCCc2ccccn2)cc1)NO. The van der Waals surface area contributed by atoms with Crippen LogP contribution >= 0.6 is 0 Å². The smallest absolute Gasteiger partial charge is 0.243 e. The number of hydrogen-bond donors (Lipinski definition) is 2. The van der Waals surface area contributed by atoms with Crippen LogP contribution in [0.3, 0.4) is 0 Å². The Kier molecular flexibility index (Phi) is 10.3. The number of aromatic nitrogens is 1. The third-order valence-corrected chi connectivity index (χ3v) is 6.51. The van der Waals surface area contributed by atoms with Crippen molar-refractivity contribution in [3.63, 3.8) is 0 Å². The van der Waals surface area contributed by atoms with E-state index in [0.29, 0.717) is 30.1 Å². The summed E-state index contributed by atoms with van der Waals surface area (Å²) >= 11 is 0. The fraction of sp³-hybridized carbons (Fsp3) is 0.455. The first kappa shape index (κ1) is 23.8. The summed E-state index contributed by atoms with van der Waals surface area (Å²) in [4.78, 5) is 15.5. The van der Waals surface area contributed by atoms with Crippen molar-refractivity contribution in [2.24, 2.45) is 0 Å². The molecule has 1 heterocycles. The minimum atomic E-state index is -3.31. The average molecular weight is 435 g/mol. The molecule has 2 rings (SSSR count). The van der Waals surface area contributed by atoms with E-state index in [1.54, 1.807) is 35.9 Å². The van der Waals surface area contributed by atoms with Crippen molar-refractivity contribution in [2.75, 3.05) is 12.4 Å². The normalized spacial score (nSPS) is 11.2. The number of carbonyl (C=O) groups is 1. The molecule has 0 atom stereocenters. The number of aryl methyl sites for hydroxylation is 1. The Balaban J connectivity index is 1.65. The average Bonchev–Trinajstić information content (AvgIpc) is 2.77. The van der Waals surface area contributed by atoms with Crippen molar-refractivity contribution in [1.29, 1.82) is 0 Å². The number of carbonyl (C=O) groups excluding carboxylic acids is 1. The van der Waals surface area contributed by atoms with Crippen molar-refractivity contribution in [2.45, 2.75) is 56.3 Å². The van der Waals surface area contributed by atoms with Crippen molar-refractivity contribution >= 4 is 15.7 Å². The molecule has 0 unspecified atom stereocenters. The van der Waals surface area contributed by atoms with E-state index in [-0.39, 0.29) is 12.2 Å². The fourth-order valence-electron chi connectivity index (χ4n) is 3.01. The van der Waals surface area contributed by atoms with E-state index in [4.69, 9.17) is 9.94 Å². The van der Waals surface area contributed by atoms with E-state index in [9.17, 15) is 13.2 Å². The number of hydroxylamine groups is 1. The Morgan fingerprint density at radius 3 is 2.40 bits per heavy atom. The van der Waals surface area contributed by atoms with E-state index >= 15 is 0 Å². The maximum absolute atomic E-state index is 12.4. The first-order valence-electron chi connectivity index (χ1n) is 10.3. The van der Waals surface area contributed by atoms with Crippen LogP contribution in [0.25, 0.3) is 0 Å². The van der Waals surface area contributed by atoms with Crippen LogP contribution in [0.1, 0.15) is 50.6 Å². The van der Waals surface area contributed by atoms with Gasteiger partial charge in [0.1, 0.15) is 5.75 Å². The molecule has 2 aromatic rings. The molecular weight excluding hydrogens is 404 g/mol. The van der Waals surface area contributed by atoms with E-state index in [0.717, 1.165) is 37.8 Å². The summed E-state index contributed by atoms with van der Waals surface area (Å²) in [5, 5.41) is 8.41. The van der Waals surface area contributed by atoms with Crippen LogP contribution in [-0.2, 0) is 21.1 Å². The molecule has 164 valence electrons. The zero-order chi connectivity index (χ0) is 21.7. The lowest BCUT2D eigenvalue weighted by atomic mass is 10.1. The lowest BCUT2D eigenvalue weighted by Gasteiger charge is -2.08. The molecule has 1 aromatic carbocycles. The van der Waals surface area contributed by atoms with Gasteiger partial charge < -0.3 is 4.74 Å². The van der Waals surface area contributed by atoms with Crippen molar-refractivity contribution in [3.8, 4) is 5.75 Å². The molecule has 0 spiro atoms. The first-order chi connectivity index (χ1) is 14.5. The fourth-order valence-corrected chi connectivity index (χ4v) is 4.38. The summed E-state index contributed by atoms with van der Waals surface area (Å²) in [7, 11) is -3.31. The van der Waals surface area contributed by atoms with E-state index < -0.39 is 15.7 Å². The van der Waals surface area contributed by atoms with Gasteiger partial charge >= 0.3 is 0 Å². The van der Waals surface area contributed by atoms with Gasteiger partial charge in [-0.15, -0.1) is 0 Å². The second-order valence-corrected chi connectivity index (χ2v) is 9.23. The van der Waals surface area contributed by atoms with E-state index in [1.165, 1.54) is 0 Å². The maximum Gasteiger partial charge on any atom is 0.243 e. The minimum Gasteiger partial charge on any atom is -0.494 e. The van der Waals surface area contributed by atoms with E-state index in [1.807, 2.05) is 18.2 Å². The number of benzene rings is 1. The summed E-state index contributed by atoms with van der Waals surface area (Å²) in [5.41, 5.74) is 2.63. The molecule has 0 fully saturated rings. The predicted octanol–water partition coefficient (Wildman–Crippen LogP) is 3.71. The van der Waals surface area contributed by atoms with Crippen LogP contribution in [0.5, 0.6) is 5.75 Å². The summed E-state index contributed by atoms with van der Waals surface area (Å²) in [5.74, 6) is 0.370. The Morgan fingerprint density at radius 2 is 1.70 bits per heavy atom. The largest absolute Gasteiger partial charge is 0.494 e. The van der Waals surface area contributed by atoms with Gasteiger partial charge in [0.2, 0.25) is 5.91 Å². The highest BCUT2D eigenvalue weighted by Crippen LogP contribution is 2.19. The van der Waals surface area contributed by atoms with Gasteiger partial charge in [-0.1, -0.05) is 25.3 Å². The number of pyridine rings is 1. The summed E-state index contributed by atoms with van der Waals surface area (Å²) in [6.07, 6.45) is 7.48. The number of rotatable bonds is 14. The topological polar surface area (TPSA) is 106 Å². The Hall–Kier alpha value is -2.45. The highest BCUT2D eigenvalue weighted by atomic mass is 32.2. The quantitative estimate of drug-likeness (QED) is 0.267. The standard InChI is InChI=1S/C22H30N2O5S/c25-22(24-26)11-4-2-1-3-7-18-30(27,28)21-14-12-20(13-15-21)29-17-8-10-19-9-5-6-16-23-19/h5-6,9,12-16,26H,1-4,7-8,10-11,17-18H2,(H,24,25). The monoisotopic (exact) mass is 434 g/mol. The van der Waals surface area contributed by atoms with Gasteiger partial charge in [0.15, 0.2) is 9.84 Å². The van der Waals surface area contributed by atoms with Gasteiger partial charge in [0.05, 0.1) is 17.3 Å². The van der Waals surface area contributed by atoms with Crippen molar-refractivity contribution in [1.82, 2.24) is 10.5 Å². The molecule has 1 aromatic heterocycles. The zero-order valence-corrected chi connectivity index (χ0v) is 17.9. The van der Waals surface area contributed by atoms with Crippen LogP contribution in [0.15, 0.2) is 53.6 Å². The second-order valence-electron chi connectivity index (χ2n) is 7.12. The summed E-state index contributed by atoms with van der Waals surface area (Å²) in [6.45, 7) is 0.544. The highest BCUT2D eigenvalue weighted by Gasteiger charge is 2.14. The predicted molar refractivity (Wildman–Crippen MR) is 114 cm³/mol. The number of sulfone groups is 1. The number of nitrogens with zero attached hydrogens (tertiary/aromatic N) is 1. The summed E-state index contributed by atoms with van der Waals surface area (Å²) < 4.78 is 30.6. The summed E-state index contributed by atoms with van der Waals surface area (Å²) in [6, 6.07) is 12.4. The third-order valence-electron chi connectivity index (χ3n) is 4.70. The molecule has 30 heavy (non-hydrogen) atoms. The van der Waals surface area contributed by atoms with Crippen LogP contribution in [-0.4, -0.2) is 36.9 Å². The van der Waals surface area contributed by atoms with Crippen LogP contribution in [0, 0.1) is 0 Å². The second kappa shape index (κ2) is 13.0. The van der Waals surface area contributed by atoms with Gasteiger partial charge in [-0.05, 0) is 62.1 Å². The van der Waals surface area contributed by atoms with Crippen LogP contribution < -0.4 is 10.2 Å². The Labute approximate surface area is 178 Å². The molecule has 0 saturated carbocycles. The number of hydrogen-bond acceptors (Lipinski definition) is 6. The molecule has 0 saturated heterocycles. The number of unbranched alkanes of at least 4 members (excludes halogenated alkanes) is 4. The molecule has 8 heteroatoms. The van der Waals surface area contributed by atoms with Gasteiger partial charge in [0.25, 0.3) is 0 Å². The molecule has 0 aliphatic carbocycles. The third kappa shape index (κ3) is 8.92. The molecule has 0 bridgehead atoms. The maximum atomic E-state index is 12.4. The molecule has 2 N–H and O–H groups in total. The minimum absolute atomic E-state index is 0.106. The first-order valence-corrected chi connectivity index (χ1v) is 11.9. The zero-order valence-electron chi connectivity index (χ0n) is 17.1. The van der Waals surface area contributed by atoms with Gasteiger partial charge in [-0.3, -0.25) is 15.0 Å². The molecule has 1 amide bonds. The number of amides is 1. The van der Waals surface area contributed by atoms with Gasteiger partial charge in [-0.2, -0.15) is 0 Å². The molecular formula is C22H30N2O5S. The molecule has 0 aliphatic rings. The Bertz CT molecular complexity index is 855.